The van der Waals surface area contributed by atoms with E-state index in [9.17, 15) is 18.0 Å². The minimum absolute atomic E-state index is 0.0433. The Morgan fingerprint density at radius 1 is 1.22 bits per heavy atom. The summed E-state index contributed by atoms with van der Waals surface area (Å²) < 4.78 is 42.8. The molecule has 1 aromatic heterocycles. The lowest BCUT2D eigenvalue weighted by Gasteiger charge is -2.09. The van der Waals surface area contributed by atoms with Crippen molar-refractivity contribution in [3.8, 4) is 5.75 Å². The number of fused-ring (bicyclic) bond motifs is 1. The van der Waals surface area contributed by atoms with Crippen LogP contribution < -0.4 is 10.1 Å². The van der Waals surface area contributed by atoms with Gasteiger partial charge in [-0.3, -0.25) is 10.1 Å². The smallest absolute Gasteiger partial charge is 0.387 e. The van der Waals surface area contributed by atoms with Crippen LogP contribution in [-0.4, -0.2) is 17.5 Å². The number of thiazole rings is 1. The zero-order valence-corrected chi connectivity index (χ0v) is 12.2. The molecule has 0 unspecified atom stereocenters. The molecule has 0 aliphatic carbocycles. The van der Waals surface area contributed by atoms with Crippen LogP contribution in [0.15, 0.2) is 42.5 Å². The van der Waals surface area contributed by atoms with Crippen LogP contribution in [0.1, 0.15) is 10.4 Å². The highest BCUT2D eigenvalue weighted by atomic mass is 32.1. The molecule has 3 rings (SSSR count). The summed E-state index contributed by atoms with van der Waals surface area (Å²) in [7, 11) is 0. The van der Waals surface area contributed by atoms with Crippen LogP contribution in [0, 0.1) is 5.82 Å². The van der Waals surface area contributed by atoms with Gasteiger partial charge in [0.1, 0.15) is 11.6 Å². The lowest BCUT2D eigenvalue weighted by molar-refractivity contribution is -0.0501. The number of hydrogen-bond donors (Lipinski definition) is 1. The number of aromatic nitrogens is 1. The summed E-state index contributed by atoms with van der Waals surface area (Å²) in [6.45, 7) is -3.03. The van der Waals surface area contributed by atoms with Gasteiger partial charge in [0.05, 0.1) is 15.8 Å². The molecule has 8 heteroatoms. The molecule has 0 aliphatic rings. The summed E-state index contributed by atoms with van der Waals surface area (Å²) in [5.74, 6) is -1.28. The molecule has 2 aromatic carbocycles. The van der Waals surface area contributed by atoms with E-state index in [1.165, 1.54) is 42.5 Å². The van der Waals surface area contributed by atoms with E-state index >= 15 is 0 Å². The number of para-hydroxylation sites is 1. The number of carbonyl (C=O) groups excluding carboxylic acids is 1. The van der Waals surface area contributed by atoms with Crippen molar-refractivity contribution in [3.63, 3.8) is 0 Å². The summed E-state index contributed by atoms with van der Waals surface area (Å²) in [6.07, 6.45) is 0. The van der Waals surface area contributed by atoms with E-state index in [0.717, 1.165) is 11.3 Å². The van der Waals surface area contributed by atoms with E-state index < -0.39 is 18.3 Å². The molecule has 0 saturated heterocycles. The minimum Gasteiger partial charge on any atom is -0.434 e. The van der Waals surface area contributed by atoms with Crippen molar-refractivity contribution in [1.82, 2.24) is 4.98 Å². The topological polar surface area (TPSA) is 51.2 Å². The second kappa shape index (κ2) is 6.25. The Morgan fingerprint density at radius 3 is 2.78 bits per heavy atom. The maximum atomic E-state index is 13.2. The second-order valence-electron chi connectivity index (χ2n) is 4.46. The van der Waals surface area contributed by atoms with Crippen molar-refractivity contribution in [1.29, 1.82) is 0 Å². The Bertz CT molecular complexity index is 867. The van der Waals surface area contributed by atoms with Crippen molar-refractivity contribution in [2.45, 2.75) is 6.61 Å². The molecule has 0 radical (unpaired) electrons. The molecule has 1 N–H and O–H groups in total. The first-order valence-corrected chi connectivity index (χ1v) is 7.26. The highest BCUT2D eigenvalue weighted by molar-refractivity contribution is 7.22. The van der Waals surface area contributed by atoms with Crippen LogP contribution in [-0.2, 0) is 0 Å². The lowest BCUT2D eigenvalue weighted by atomic mass is 10.2. The number of ether oxygens (including phenoxy) is 1. The summed E-state index contributed by atoms with van der Waals surface area (Å²) in [4.78, 5) is 16.4. The van der Waals surface area contributed by atoms with Gasteiger partial charge in [-0.05, 0) is 30.3 Å². The number of halogens is 3. The number of alkyl halides is 2. The van der Waals surface area contributed by atoms with Gasteiger partial charge in [-0.2, -0.15) is 8.78 Å². The number of amides is 1. The number of rotatable bonds is 4. The summed E-state index contributed by atoms with van der Waals surface area (Å²) in [6, 6.07) is 9.70. The Labute approximate surface area is 132 Å². The molecule has 0 spiro atoms. The van der Waals surface area contributed by atoms with Crippen LogP contribution in [0.25, 0.3) is 10.2 Å². The van der Waals surface area contributed by atoms with Crippen molar-refractivity contribution >= 4 is 32.6 Å². The molecule has 0 atom stereocenters. The molecule has 23 heavy (non-hydrogen) atoms. The average Bonchev–Trinajstić information content (AvgIpc) is 2.88. The SMILES string of the molecule is O=C(Nc1nc2ccc(F)cc2s1)c1ccccc1OC(F)F. The van der Waals surface area contributed by atoms with Gasteiger partial charge >= 0.3 is 6.61 Å². The standard InChI is InChI=1S/C15H9F3N2O2S/c16-8-5-6-10-12(7-8)23-15(19-10)20-13(21)9-3-1-2-4-11(9)22-14(17)18/h1-7,14H,(H,19,20,21). The quantitative estimate of drug-likeness (QED) is 0.772. The molecule has 0 bridgehead atoms. The second-order valence-corrected chi connectivity index (χ2v) is 5.49. The molecule has 0 saturated carbocycles. The van der Waals surface area contributed by atoms with Crippen LogP contribution in [0.4, 0.5) is 18.3 Å². The van der Waals surface area contributed by atoms with Gasteiger partial charge in [0.2, 0.25) is 0 Å². The minimum atomic E-state index is -3.03. The normalized spacial score (nSPS) is 11.0. The average molecular weight is 338 g/mol. The zero-order valence-electron chi connectivity index (χ0n) is 11.4. The largest absolute Gasteiger partial charge is 0.434 e. The van der Waals surface area contributed by atoms with Gasteiger partial charge in [-0.25, -0.2) is 9.37 Å². The molecular formula is C15H9F3N2O2S. The van der Waals surface area contributed by atoms with Gasteiger partial charge < -0.3 is 4.74 Å². The third kappa shape index (κ3) is 3.42. The molecule has 118 valence electrons. The fourth-order valence-corrected chi connectivity index (χ4v) is 2.86. The fraction of sp³-hybridized carbons (Fsp3) is 0.0667. The van der Waals surface area contributed by atoms with Crippen LogP contribution in [0.5, 0.6) is 5.75 Å². The molecular weight excluding hydrogens is 329 g/mol. The predicted molar refractivity (Wildman–Crippen MR) is 80.6 cm³/mol. The zero-order chi connectivity index (χ0) is 16.4. The first-order chi connectivity index (χ1) is 11.0. The highest BCUT2D eigenvalue weighted by Crippen LogP contribution is 2.28. The molecule has 1 amide bonds. The molecule has 0 fully saturated rings. The third-order valence-electron chi connectivity index (χ3n) is 2.92. The first-order valence-electron chi connectivity index (χ1n) is 6.44. The van der Waals surface area contributed by atoms with E-state index in [0.29, 0.717) is 10.2 Å². The molecule has 1 heterocycles. The van der Waals surface area contributed by atoms with E-state index in [1.807, 2.05) is 0 Å². The van der Waals surface area contributed by atoms with Crippen molar-refractivity contribution in [2.75, 3.05) is 5.32 Å². The fourth-order valence-electron chi connectivity index (χ4n) is 1.97. The van der Waals surface area contributed by atoms with Gasteiger partial charge in [-0.1, -0.05) is 23.5 Å². The number of hydrogen-bond acceptors (Lipinski definition) is 4. The number of benzene rings is 2. The first kappa shape index (κ1) is 15.3. The molecule has 3 aromatic rings. The number of anilines is 1. The Kier molecular flexibility index (Phi) is 4.16. The monoisotopic (exact) mass is 338 g/mol. The van der Waals surface area contributed by atoms with E-state index in [2.05, 4.69) is 15.0 Å². The maximum absolute atomic E-state index is 13.2. The summed E-state index contributed by atoms with van der Waals surface area (Å²) >= 11 is 1.08. The number of nitrogens with zero attached hydrogens (tertiary/aromatic N) is 1. The van der Waals surface area contributed by atoms with Crippen molar-refractivity contribution in [2.24, 2.45) is 0 Å². The predicted octanol–water partition coefficient (Wildman–Crippen LogP) is 4.29. The summed E-state index contributed by atoms with van der Waals surface area (Å²) in [5, 5.41) is 2.74. The third-order valence-corrected chi connectivity index (χ3v) is 3.85. The highest BCUT2D eigenvalue weighted by Gasteiger charge is 2.17. The van der Waals surface area contributed by atoms with E-state index in [1.54, 1.807) is 0 Å². The van der Waals surface area contributed by atoms with E-state index in [-0.39, 0.29) is 16.4 Å². The Hall–Kier alpha value is -2.61. The van der Waals surface area contributed by atoms with Crippen molar-refractivity contribution < 1.29 is 22.7 Å². The van der Waals surface area contributed by atoms with Crippen LogP contribution in [0.2, 0.25) is 0 Å². The van der Waals surface area contributed by atoms with Crippen LogP contribution >= 0.6 is 11.3 Å². The molecule has 0 aliphatic heterocycles. The van der Waals surface area contributed by atoms with Gasteiger partial charge in [-0.15, -0.1) is 0 Å². The van der Waals surface area contributed by atoms with Gasteiger partial charge in [0.15, 0.2) is 5.13 Å². The van der Waals surface area contributed by atoms with Crippen LogP contribution in [0.3, 0.4) is 0 Å². The van der Waals surface area contributed by atoms with Crippen molar-refractivity contribution in [3.05, 3.63) is 53.8 Å². The summed E-state index contributed by atoms with van der Waals surface area (Å²) in [5.41, 5.74) is 0.488. The lowest BCUT2D eigenvalue weighted by Crippen LogP contribution is -2.14. The Morgan fingerprint density at radius 2 is 2.00 bits per heavy atom. The van der Waals surface area contributed by atoms with Gasteiger partial charge in [0, 0.05) is 0 Å². The molecule has 4 nitrogen and oxygen atoms in total. The Balaban J connectivity index is 1.86. The van der Waals surface area contributed by atoms with E-state index in [4.69, 9.17) is 0 Å². The number of carbonyl (C=O) groups is 1. The number of nitrogens with one attached hydrogen (secondary N) is 1. The maximum Gasteiger partial charge on any atom is 0.387 e. The van der Waals surface area contributed by atoms with Gasteiger partial charge in [0.25, 0.3) is 5.91 Å².